The second-order valence-corrected chi connectivity index (χ2v) is 8.32. The Bertz CT molecular complexity index is 405. The van der Waals surface area contributed by atoms with Crippen LogP contribution in [-0.4, -0.2) is 57.0 Å². The molecule has 2 fully saturated rings. The number of rotatable bonds is 5. The molecule has 2 aliphatic rings. The lowest BCUT2D eigenvalue weighted by atomic mass is 10.1. The van der Waals surface area contributed by atoms with E-state index >= 15 is 0 Å². The first kappa shape index (κ1) is 16.2. The number of likely N-dealkylation sites (tertiary alicyclic amines) is 1. The molecule has 20 heavy (non-hydrogen) atoms. The smallest absolute Gasteiger partial charge is 0.214 e. The quantitative estimate of drug-likeness (QED) is 0.829. The van der Waals surface area contributed by atoms with Crippen LogP contribution in [-0.2, 0) is 14.8 Å². The van der Waals surface area contributed by atoms with Crippen LogP contribution >= 0.6 is 0 Å². The molecule has 0 spiro atoms. The monoisotopic (exact) mass is 304 g/mol. The van der Waals surface area contributed by atoms with Gasteiger partial charge in [-0.2, -0.15) is 0 Å². The lowest BCUT2D eigenvalue weighted by Gasteiger charge is -2.24. The average Bonchev–Trinajstić information content (AvgIpc) is 2.71. The normalized spacial score (nSPS) is 32.9. The van der Waals surface area contributed by atoms with Gasteiger partial charge in [-0.25, -0.2) is 13.1 Å². The Labute approximate surface area is 123 Å². The van der Waals surface area contributed by atoms with Crippen LogP contribution in [0.4, 0.5) is 0 Å². The summed E-state index contributed by atoms with van der Waals surface area (Å²) in [6.45, 7) is 8.89. The van der Waals surface area contributed by atoms with Crippen LogP contribution in [0.15, 0.2) is 0 Å². The van der Waals surface area contributed by atoms with Crippen LogP contribution < -0.4 is 4.72 Å². The predicted octanol–water partition coefficient (Wildman–Crippen LogP) is 1.20. The molecule has 0 aromatic heterocycles. The second kappa shape index (κ2) is 6.73. The minimum absolute atomic E-state index is 0.0333. The maximum atomic E-state index is 12.3. The maximum absolute atomic E-state index is 12.3. The maximum Gasteiger partial charge on any atom is 0.214 e. The summed E-state index contributed by atoms with van der Waals surface area (Å²) in [6.07, 6.45) is 2.85. The van der Waals surface area contributed by atoms with Crippen molar-refractivity contribution in [2.45, 2.75) is 58.2 Å². The molecule has 0 bridgehead atoms. The zero-order valence-corrected chi connectivity index (χ0v) is 13.7. The van der Waals surface area contributed by atoms with Gasteiger partial charge in [-0.15, -0.1) is 0 Å². The summed E-state index contributed by atoms with van der Waals surface area (Å²) in [5, 5.41) is 0. The molecule has 2 saturated heterocycles. The Kier molecular flexibility index (Phi) is 5.45. The highest BCUT2D eigenvalue weighted by Crippen LogP contribution is 2.20. The summed E-state index contributed by atoms with van der Waals surface area (Å²) >= 11 is 0. The SMILES string of the molecule is CC(C)N1C[C@@H](C)[C@@H](NS(=O)(=O)C[C@H]2CCCCO2)C1. The molecule has 2 heterocycles. The van der Waals surface area contributed by atoms with Crippen LogP contribution in [0.5, 0.6) is 0 Å². The lowest BCUT2D eigenvalue weighted by molar-refractivity contribution is 0.0303. The van der Waals surface area contributed by atoms with Gasteiger partial charge in [0.1, 0.15) is 0 Å². The molecule has 1 N–H and O–H groups in total. The Balaban J connectivity index is 1.87. The Morgan fingerprint density at radius 1 is 1.30 bits per heavy atom. The van der Waals surface area contributed by atoms with Gasteiger partial charge in [-0.05, 0) is 39.0 Å². The number of nitrogens with one attached hydrogen (secondary N) is 1. The molecule has 0 aliphatic carbocycles. The van der Waals surface area contributed by atoms with Crippen molar-refractivity contribution in [2.24, 2.45) is 5.92 Å². The molecule has 2 rings (SSSR count). The first-order chi connectivity index (χ1) is 9.37. The van der Waals surface area contributed by atoms with Crippen molar-refractivity contribution < 1.29 is 13.2 Å². The standard InChI is InChI=1S/C14H28N2O3S/c1-11(2)16-8-12(3)14(9-16)15-20(17,18)10-13-6-4-5-7-19-13/h11-15H,4-10H2,1-3H3/t12-,13-,14+/m1/s1. The minimum Gasteiger partial charge on any atom is -0.377 e. The van der Waals surface area contributed by atoms with Crippen LogP contribution in [0.2, 0.25) is 0 Å². The summed E-state index contributed by atoms with van der Waals surface area (Å²) < 4.78 is 33.0. The topological polar surface area (TPSA) is 58.6 Å². The summed E-state index contributed by atoms with van der Waals surface area (Å²) in [6, 6.07) is 0.500. The van der Waals surface area contributed by atoms with Gasteiger partial charge < -0.3 is 4.74 Å². The van der Waals surface area contributed by atoms with Gasteiger partial charge in [0.2, 0.25) is 10.0 Å². The summed E-state index contributed by atoms with van der Waals surface area (Å²) in [5.74, 6) is 0.470. The number of nitrogens with zero attached hydrogens (tertiary/aromatic N) is 1. The first-order valence-electron chi connectivity index (χ1n) is 7.73. The van der Waals surface area contributed by atoms with E-state index in [0.717, 1.165) is 32.4 Å². The third-order valence-electron chi connectivity index (χ3n) is 4.38. The van der Waals surface area contributed by atoms with Crippen LogP contribution in [0.3, 0.4) is 0 Å². The Hall–Kier alpha value is -0.170. The summed E-state index contributed by atoms with van der Waals surface area (Å²) in [7, 11) is -3.25. The van der Waals surface area contributed by atoms with Gasteiger partial charge in [-0.3, -0.25) is 4.90 Å². The summed E-state index contributed by atoms with van der Waals surface area (Å²) in [5.41, 5.74) is 0. The van der Waals surface area contributed by atoms with Crippen molar-refractivity contribution in [3.63, 3.8) is 0 Å². The zero-order chi connectivity index (χ0) is 14.8. The summed E-state index contributed by atoms with van der Waals surface area (Å²) in [4.78, 5) is 2.33. The number of hydrogen-bond acceptors (Lipinski definition) is 4. The van der Waals surface area contributed by atoms with Crippen molar-refractivity contribution in [1.29, 1.82) is 0 Å². The van der Waals surface area contributed by atoms with E-state index in [1.807, 2.05) is 0 Å². The number of hydrogen-bond donors (Lipinski definition) is 1. The van der Waals surface area contributed by atoms with Gasteiger partial charge in [0.25, 0.3) is 0 Å². The molecule has 118 valence electrons. The van der Waals surface area contributed by atoms with Gasteiger partial charge in [-0.1, -0.05) is 6.92 Å². The van der Waals surface area contributed by atoms with E-state index in [-0.39, 0.29) is 17.9 Å². The number of ether oxygens (including phenoxy) is 1. The second-order valence-electron chi connectivity index (χ2n) is 6.52. The molecule has 0 amide bonds. The molecular weight excluding hydrogens is 276 g/mol. The van der Waals surface area contributed by atoms with E-state index in [9.17, 15) is 8.42 Å². The zero-order valence-electron chi connectivity index (χ0n) is 12.8. The molecule has 0 aromatic carbocycles. The van der Waals surface area contributed by atoms with Crippen LogP contribution in [0.1, 0.15) is 40.0 Å². The molecule has 0 saturated carbocycles. The highest BCUT2D eigenvalue weighted by Gasteiger charge is 2.34. The molecule has 0 aromatic rings. The fourth-order valence-electron chi connectivity index (χ4n) is 3.04. The largest absolute Gasteiger partial charge is 0.377 e. The molecule has 2 aliphatic heterocycles. The van der Waals surface area contributed by atoms with Crippen molar-refractivity contribution in [1.82, 2.24) is 9.62 Å². The Morgan fingerprint density at radius 2 is 2.05 bits per heavy atom. The molecule has 5 nitrogen and oxygen atoms in total. The van der Waals surface area contributed by atoms with E-state index in [4.69, 9.17) is 4.74 Å². The first-order valence-corrected chi connectivity index (χ1v) is 9.38. The van der Waals surface area contributed by atoms with E-state index in [1.165, 1.54) is 0 Å². The van der Waals surface area contributed by atoms with E-state index < -0.39 is 10.0 Å². The van der Waals surface area contributed by atoms with Gasteiger partial charge in [0.05, 0.1) is 11.9 Å². The third kappa shape index (κ3) is 4.41. The average molecular weight is 304 g/mol. The van der Waals surface area contributed by atoms with E-state index in [1.54, 1.807) is 0 Å². The van der Waals surface area contributed by atoms with Gasteiger partial charge in [0, 0.05) is 31.8 Å². The molecule has 0 radical (unpaired) electrons. The highest BCUT2D eigenvalue weighted by atomic mass is 32.2. The molecule has 3 atom stereocenters. The lowest BCUT2D eigenvalue weighted by Crippen LogP contribution is -2.44. The minimum atomic E-state index is -3.25. The molecule has 0 unspecified atom stereocenters. The third-order valence-corrected chi connectivity index (χ3v) is 5.85. The molecular formula is C14H28N2O3S. The van der Waals surface area contributed by atoms with E-state index in [0.29, 0.717) is 18.6 Å². The fourth-order valence-corrected chi connectivity index (χ4v) is 4.66. The van der Waals surface area contributed by atoms with Crippen LogP contribution in [0, 0.1) is 5.92 Å². The highest BCUT2D eigenvalue weighted by molar-refractivity contribution is 7.89. The van der Waals surface area contributed by atoms with Crippen molar-refractivity contribution in [3.05, 3.63) is 0 Å². The van der Waals surface area contributed by atoms with Crippen molar-refractivity contribution >= 4 is 10.0 Å². The van der Waals surface area contributed by atoms with Crippen molar-refractivity contribution in [2.75, 3.05) is 25.4 Å². The van der Waals surface area contributed by atoms with Gasteiger partial charge in [0.15, 0.2) is 0 Å². The Morgan fingerprint density at radius 3 is 2.60 bits per heavy atom. The van der Waals surface area contributed by atoms with Crippen molar-refractivity contribution in [3.8, 4) is 0 Å². The predicted molar refractivity (Wildman–Crippen MR) is 80.2 cm³/mol. The fraction of sp³-hybridized carbons (Fsp3) is 1.00. The number of sulfonamides is 1. The van der Waals surface area contributed by atoms with E-state index in [2.05, 4.69) is 30.4 Å². The van der Waals surface area contributed by atoms with Gasteiger partial charge >= 0.3 is 0 Å². The molecule has 6 heteroatoms. The van der Waals surface area contributed by atoms with Crippen LogP contribution in [0.25, 0.3) is 0 Å².